The lowest BCUT2D eigenvalue weighted by atomic mass is 10.1. The summed E-state index contributed by atoms with van der Waals surface area (Å²) < 4.78 is 38.5. The van der Waals surface area contributed by atoms with E-state index in [2.05, 4.69) is 4.98 Å². The molecule has 0 aliphatic carbocycles. The third-order valence-corrected chi connectivity index (χ3v) is 4.88. The molecule has 25 heavy (non-hydrogen) atoms. The molecule has 0 radical (unpaired) electrons. The van der Waals surface area contributed by atoms with E-state index in [0.717, 1.165) is 11.8 Å². The molecule has 0 saturated heterocycles. The summed E-state index contributed by atoms with van der Waals surface area (Å²) in [5, 5.41) is 0.00271. The van der Waals surface area contributed by atoms with Crippen LogP contribution in [0.3, 0.4) is 0 Å². The number of halogens is 1. The Morgan fingerprint density at radius 2 is 1.80 bits per heavy atom. The van der Waals surface area contributed by atoms with Gasteiger partial charge in [0.1, 0.15) is 5.82 Å². The second-order valence-corrected chi connectivity index (χ2v) is 7.75. The van der Waals surface area contributed by atoms with E-state index in [1.54, 1.807) is 22.8 Å². The highest BCUT2D eigenvalue weighted by Gasteiger charge is 2.19. The van der Waals surface area contributed by atoms with Gasteiger partial charge in [0.2, 0.25) is 15.0 Å². The summed E-state index contributed by atoms with van der Waals surface area (Å²) in [5.74, 6) is -0.496. The van der Waals surface area contributed by atoms with Crippen molar-refractivity contribution in [2.45, 2.75) is 24.5 Å². The zero-order valence-electron chi connectivity index (χ0n) is 13.6. The van der Waals surface area contributed by atoms with Gasteiger partial charge in [-0.1, -0.05) is 12.1 Å². The number of nitrogens with zero attached hydrogens (tertiary/aromatic N) is 2. The van der Waals surface area contributed by atoms with Crippen molar-refractivity contribution in [3.05, 3.63) is 59.9 Å². The van der Waals surface area contributed by atoms with Crippen molar-refractivity contribution in [2.75, 3.05) is 6.26 Å². The maximum Gasteiger partial charge on any atom is 0.228 e. The van der Waals surface area contributed by atoms with Gasteiger partial charge in [0.15, 0.2) is 5.78 Å². The van der Waals surface area contributed by atoms with Crippen LogP contribution in [-0.4, -0.2) is 30.0 Å². The third-order valence-electron chi connectivity index (χ3n) is 3.90. The van der Waals surface area contributed by atoms with Gasteiger partial charge in [0, 0.05) is 24.8 Å². The Bertz CT molecular complexity index is 1020. The highest BCUT2D eigenvalue weighted by Crippen LogP contribution is 2.20. The van der Waals surface area contributed by atoms with Gasteiger partial charge in [0.25, 0.3) is 0 Å². The fourth-order valence-corrected chi connectivity index (χ4v) is 3.58. The molecular weight excluding hydrogens is 343 g/mol. The van der Waals surface area contributed by atoms with Crippen molar-refractivity contribution in [3.63, 3.8) is 0 Å². The number of rotatable bonds is 6. The van der Waals surface area contributed by atoms with Crippen LogP contribution in [0.1, 0.15) is 23.2 Å². The highest BCUT2D eigenvalue weighted by molar-refractivity contribution is 7.90. The molecular formula is C18H17FN2O3S. The number of hydrogen-bond donors (Lipinski definition) is 0. The maximum absolute atomic E-state index is 12.9. The van der Waals surface area contributed by atoms with E-state index in [4.69, 9.17) is 0 Å². The molecule has 1 aromatic heterocycles. The molecule has 2 aromatic carbocycles. The van der Waals surface area contributed by atoms with Gasteiger partial charge in [-0.25, -0.2) is 17.8 Å². The van der Waals surface area contributed by atoms with E-state index in [1.807, 2.05) is 6.07 Å². The smallest absolute Gasteiger partial charge is 0.228 e. The topological polar surface area (TPSA) is 69.0 Å². The van der Waals surface area contributed by atoms with E-state index in [0.29, 0.717) is 24.0 Å². The second-order valence-electron chi connectivity index (χ2n) is 5.84. The van der Waals surface area contributed by atoms with E-state index in [1.165, 1.54) is 24.3 Å². The van der Waals surface area contributed by atoms with Crippen molar-refractivity contribution >= 4 is 26.7 Å². The van der Waals surface area contributed by atoms with Crippen LogP contribution in [0, 0.1) is 5.82 Å². The van der Waals surface area contributed by atoms with Crippen LogP contribution in [0.4, 0.5) is 4.39 Å². The molecule has 0 N–H and O–H groups in total. The van der Waals surface area contributed by atoms with E-state index >= 15 is 0 Å². The van der Waals surface area contributed by atoms with Crippen molar-refractivity contribution < 1.29 is 17.6 Å². The Labute approximate surface area is 145 Å². The molecule has 3 aromatic rings. The number of hydrogen-bond acceptors (Lipinski definition) is 4. The number of para-hydroxylation sites is 2. The quantitative estimate of drug-likeness (QED) is 0.633. The van der Waals surface area contributed by atoms with Crippen LogP contribution in [0.25, 0.3) is 11.0 Å². The zero-order chi connectivity index (χ0) is 18.0. The van der Waals surface area contributed by atoms with Crippen molar-refractivity contribution in [1.82, 2.24) is 9.55 Å². The molecule has 5 nitrogen and oxygen atoms in total. The molecule has 7 heteroatoms. The third kappa shape index (κ3) is 3.76. The highest BCUT2D eigenvalue weighted by atomic mass is 32.2. The van der Waals surface area contributed by atoms with Crippen LogP contribution < -0.4 is 0 Å². The van der Waals surface area contributed by atoms with Crippen LogP contribution in [0.2, 0.25) is 0 Å². The first kappa shape index (κ1) is 17.3. The number of sulfone groups is 1. The number of carbonyl (C=O) groups is 1. The lowest BCUT2D eigenvalue weighted by molar-refractivity contribution is 0.0978. The molecule has 0 unspecified atom stereocenters. The Hall–Kier alpha value is -2.54. The minimum Gasteiger partial charge on any atom is -0.315 e. The van der Waals surface area contributed by atoms with Gasteiger partial charge in [0.05, 0.1) is 11.0 Å². The number of imidazole rings is 1. The van der Waals surface area contributed by atoms with Crippen LogP contribution >= 0.6 is 0 Å². The maximum atomic E-state index is 12.9. The number of benzene rings is 2. The summed E-state index contributed by atoms with van der Waals surface area (Å²) in [6.45, 7) is 0.357. The summed E-state index contributed by atoms with van der Waals surface area (Å²) in [6.07, 6.45) is 1.81. The summed E-state index contributed by atoms with van der Waals surface area (Å²) in [7, 11) is -3.48. The average Bonchev–Trinajstić information content (AvgIpc) is 2.95. The van der Waals surface area contributed by atoms with Crippen molar-refractivity contribution in [1.29, 1.82) is 0 Å². The number of aromatic nitrogens is 2. The van der Waals surface area contributed by atoms with Gasteiger partial charge in [-0.15, -0.1) is 0 Å². The monoisotopic (exact) mass is 360 g/mol. The molecule has 0 atom stereocenters. The predicted octanol–water partition coefficient (Wildman–Crippen LogP) is 3.24. The first-order valence-electron chi connectivity index (χ1n) is 7.80. The van der Waals surface area contributed by atoms with E-state index in [-0.39, 0.29) is 23.2 Å². The number of ketones is 1. The summed E-state index contributed by atoms with van der Waals surface area (Å²) in [5.41, 5.74) is 1.77. The van der Waals surface area contributed by atoms with Crippen molar-refractivity contribution in [2.24, 2.45) is 0 Å². The normalized spacial score (nSPS) is 11.8. The molecule has 0 bridgehead atoms. The number of fused-ring (bicyclic) bond motifs is 1. The number of carbonyl (C=O) groups excluding carboxylic acids is 1. The van der Waals surface area contributed by atoms with E-state index in [9.17, 15) is 17.6 Å². The lowest BCUT2D eigenvalue weighted by Crippen LogP contribution is -2.10. The SMILES string of the molecule is CS(=O)(=O)c1nc2ccccc2n1CCCC(=O)c1ccc(F)cc1. The number of aryl methyl sites for hydroxylation is 1. The standard InChI is InChI=1S/C18H17FN2O3S/c1-25(23,24)18-20-15-5-2-3-6-16(15)21(18)12-4-7-17(22)13-8-10-14(19)11-9-13/h2-3,5-6,8-11H,4,7,12H2,1H3. The van der Waals surface area contributed by atoms with Crippen LogP contribution in [0.5, 0.6) is 0 Å². The molecule has 0 fully saturated rings. The fraction of sp³-hybridized carbons (Fsp3) is 0.222. The molecule has 1 heterocycles. The molecule has 0 amide bonds. The Balaban J connectivity index is 1.79. The Morgan fingerprint density at radius 1 is 1.12 bits per heavy atom. The second kappa shape index (κ2) is 6.76. The number of Topliss-reactive ketones (excluding diaryl/α,β-unsaturated/α-hetero) is 1. The fourth-order valence-electron chi connectivity index (χ4n) is 2.73. The van der Waals surface area contributed by atoms with Gasteiger partial charge >= 0.3 is 0 Å². The molecule has 130 valence electrons. The van der Waals surface area contributed by atoms with E-state index < -0.39 is 9.84 Å². The van der Waals surface area contributed by atoms with Crippen LogP contribution in [0.15, 0.2) is 53.7 Å². The molecule has 0 saturated carbocycles. The predicted molar refractivity (Wildman–Crippen MR) is 92.8 cm³/mol. The molecule has 0 spiro atoms. The van der Waals surface area contributed by atoms with Gasteiger partial charge in [-0.2, -0.15) is 0 Å². The Kier molecular flexibility index (Phi) is 4.67. The summed E-state index contributed by atoms with van der Waals surface area (Å²) >= 11 is 0. The zero-order valence-corrected chi connectivity index (χ0v) is 14.5. The minimum absolute atomic E-state index is 0.00271. The molecule has 3 rings (SSSR count). The molecule has 0 aliphatic heterocycles. The molecule has 0 aliphatic rings. The Morgan fingerprint density at radius 3 is 2.48 bits per heavy atom. The minimum atomic E-state index is -3.48. The summed E-state index contributed by atoms with van der Waals surface area (Å²) in [4.78, 5) is 16.4. The average molecular weight is 360 g/mol. The van der Waals surface area contributed by atoms with Crippen LogP contribution in [-0.2, 0) is 16.4 Å². The first-order chi connectivity index (χ1) is 11.9. The van der Waals surface area contributed by atoms with Gasteiger partial charge in [-0.05, 0) is 42.8 Å². The summed E-state index contributed by atoms with van der Waals surface area (Å²) in [6, 6.07) is 12.6. The largest absolute Gasteiger partial charge is 0.315 e. The lowest BCUT2D eigenvalue weighted by Gasteiger charge is -2.08. The van der Waals surface area contributed by atoms with Crippen molar-refractivity contribution in [3.8, 4) is 0 Å². The van der Waals surface area contributed by atoms with Gasteiger partial charge < -0.3 is 4.57 Å². The van der Waals surface area contributed by atoms with Gasteiger partial charge in [-0.3, -0.25) is 4.79 Å². The first-order valence-corrected chi connectivity index (χ1v) is 9.69.